The third kappa shape index (κ3) is 3.90. The van der Waals surface area contributed by atoms with Gasteiger partial charge in [0.2, 0.25) is 5.91 Å². The fourth-order valence-electron chi connectivity index (χ4n) is 1.79. The van der Waals surface area contributed by atoms with Gasteiger partial charge in [0.25, 0.3) is 0 Å². The van der Waals surface area contributed by atoms with Gasteiger partial charge in [-0.05, 0) is 23.6 Å². The SMILES string of the molecule is C=CCNC(=O)[C@@H](c1ccc(Cl)cc1)C(C)C. The summed E-state index contributed by atoms with van der Waals surface area (Å²) in [6.07, 6.45) is 1.68. The molecule has 1 atom stereocenters. The van der Waals surface area contributed by atoms with Gasteiger partial charge < -0.3 is 5.32 Å². The predicted octanol–water partition coefficient (Wildman–Crippen LogP) is 3.38. The van der Waals surface area contributed by atoms with Crippen LogP contribution in [0.1, 0.15) is 25.3 Å². The van der Waals surface area contributed by atoms with E-state index in [4.69, 9.17) is 11.6 Å². The van der Waals surface area contributed by atoms with Crippen molar-refractivity contribution in [1.82, 2.24) is 5.32 Å². The van der Waals surface area contributed by atoms with Crippen molar-refractivity contribution in [2.75, 3.05) is 6.54 Å². The molecular weight excluding hydrogens is 234 g/mol. The molecule has 0 aliphatic heterocycles. The molecule has 0 aliphatic carbocycles. The van der Waals surface area contributed by atoms with Gasteiger partial charge in [0.1, 0.15) is 0 Å². The molecule has 1 rings (SSSR count). The lowest BCUT2D eigenvalue weighted by molar-refractivity contribution is -0.123. The molecule has 0 bridgehead atoms. The molecule has 1 N–H and O–H groups in total. The lowest BCUT2D eigenvalue weighted by atomic mass is 9.87. The van der Waals surface area contributed by atoms with Crippen molar-refractivity contribution >= 4 is 17.5 Å². The Morgan fingerprint density at radius 3 is 2.47 bits per heavy atom. The number of hydrogen-bond acceptors (Lipinski definition) is 1. The van der Waals surface area contributed by atoms with Crippen molar-refractivity contribution in [2.24, 2.45) is 5.92 Å². The number of amides is 1. The van der Waals surface area contributed by atoms with Crippen molar-refractivity contribution in [2.45, 2.75) is 19.8 Å². The summed E-state index contributed by atoms with van der Waals surface area (Å²) in [5.74, 6) is 0.121. The molecule has 92 valence electrons. The molecule has 1 amide bonds. The first kappa shape index (κ1) is 13.8. The van der Waals surface area contributed by atoms with Crippen LogP contribution in [0.15, 0.2) is 36.9 Å². The number of carbonyl (C=O) groups excluding carboxylic acids is 1. The van der Waals surface area contributed by atoms with Crippen LogP contribution < -0.4 is 5.32 Å². The van der Waals surface area contributed by atoms with E-state index in [-0.39, 0.29) is 17.7 Å². The first-order valence-corrected chi connectivity index (χ1v) is 6.08. The molecule has 0 saturated heterocycles. The molecular formula is C14H18ClNO. The van der Waals surface area contributed by atoms with E-state index in [9.17, 15) is 4.79 Å². The van der Waals surface area contributed by atoms with E-state index >= 15 is 0 Å². The zero-order valence-corrected chi connectivity index (χ0v) is 11.0. The summed E-state index contributed by atoms with van der Waals surface area (Å²) in [5, 5.41) is 3.52. The molecule has 0 aromatic heterocycles. The number of rotatable bonds is 5. The van der Waals surface area contributed by atoms with E-state index in [1.54, 1.807) is 6.08 Å². The van der Waals surface area contributed by atoms with E-state index in [0.29, 0.717) is 11.6 Å². The van der Waals surface area contributed by atoms with Gasteiger partial charge >= 0.3 is 0 Å². The Hall–Kier alpha value is -1.28. The Labute approximate surface area is 108 Å². The maximum absolute atomic E-state index is 12.0. The van der Waals surface area contributed by atoms with Gasteiger partial charge in [-0.2, -0.15) is 0 Å². The van der Waals surface area contributed by atoms with Crippen molar-refractivity contribution in [3.8, 4) is 0 Å². The van der Waals surface area contributed by atoms with Gasteiger partial charge in [-0.3, -0.25) is 4.79 Å². The minimum Gasteiger partial charge on any atom is -0.352 e. The van der Waals surface area contributed by atoms with Gasteiger partial charge in [0, 0.05) is 11.6 Å². The van der Waals surface area contributed by atoms with Crippen LogP contribution in [0.3, 0.4) is 0 Å². The lowest BCUT2D eigenvalue weighted by Gasteiger charge is -2.20. The third-order valence-corrected chi connectivity index (χ3v) is 2.85. The topological polar surface area (TPSA) is 29.1 Å². The zero-order chi connectivity index (χ0) is 12.8. The van der Waals surface area contributed by atoms with Crippen molar-refractivity contribution in [3.05, 3.63) is 47.5 Å². The molecule has 0 fully saturated rings. The van der Waals surface area contributed by atoms with Gasteiger partial charge in [0.05, 0.1) is 5.92 Å². The first-order chi connectivity index (χ1) is 8.06. The highest BCUT2D eigenvalue weighted by molar-refractivity contribution is 6.30. The number of benzene rings is 1. The molecule has 1 aromatic rings. The summed E-state index contributed by atoms with van der Waals surface area (Å²) < 4.78 is 0. The fraction of sp³-hybridized carbons (Fsp3) is 0.357. The van der Waals surface area contributed by atoms with E-state index in [2.05, 4.69) is 11.9 Å². The van der Waals surface area contributed by atoms with Gasteiger partial charge in [-0.1, -0.05) is 43.7 Å². The van der Waals surface area contributed by atoms with E-state index in [0.717, 1.165) is 5.56 Å². The monoisotopic (exact) mass is 251 g/mol. The molecule has 0 aliphatic rings. The molecule has 0 spiro atoms. The minimum atomic E-state index is -0.146. The van der Waals surface area contributed by atoms with Crippen LogP contribution in [-0.4, -0.2) is 12.5 Å². The summed E-state index contributed by atoms with van der Waals surface area (Å²) in [4.78, 5) is 12.0. The van der Waals surface area contributed by atoms with E-state index < -0.39 is 0 Å². The zero-order valence-electron chi connectivity index (χ0n) is 10.2. The van der Waals surface area contributed by atoms with Gasteiger partial charge in [-0.15, -0.1) is 6.58 Å². The first-order valence-electron chi connectivity index (χ1n) is 5.70. The smallest absolute Gasteiger partial charge is 0.228 e. The number of nitrogens with one attached hydrogen (secondary N) is 1. The Morgan fingerprint density at radius 1 is 1.41 bits per heavy atom. The van der Waals surface area contributed by atoms with E-state index in [1.807, 2.05) is 38.1 Å². The second kappa shape index (κ2) is 6.45. The third-order valence-electron chi connectivity index (χ3n) is 2.60. The summed E-state index contributed by atoms with van der Waals surface area (Å²) in [6, 6.07) is 7.43. The molecule has 0 heterocycles. The minimum absolute atomic E-state index is 0.0298. The average molecular weight is 252 g/mol. The molecule has 17 heavy (non-hydrogen) atoms. The molecule has 3 heteroatoms. The van der Waals surface area contributed by atoms with Crippen LogP contribution in [0, 0.1) is 5.92 Å². The summed E-state index contributed by atoms with van der Waals surface area (Å²) in [5.41, 5.74) is 0.992. The number of hydrogen-bond donors (Lipinski definition) is 1. The van der Waals surface area contributed by atoms with Crippen molar-refractivity contribution in [3.63, 3.8) is 0 Å². The Kier molecular flexibility index (Phi) is 5.23. The highest BCUT2D eigenvalue weighted by Gasteiger charge is 2.23. The predicted molar refractivity (Wildman–Crippen MR) is 72.2 cm³/mol. The quantitative estimate of drug-likeness (QED) is 0.799. The Balaban J connectivity index is 2.89. The second-order valence-corrected chi connectivity index (χ2v) is 4.74. The van der Waals surface area contributed by atoms with Crippen LogP contribution in [0.5, 0.6) is 0 Å². The largest absolute Gasteiger partial charge is 0.352 e. The highest BCUT2D eigenvalue weighted by atomic mass is 35.5. The van der Waals surface area contributed by atoms with Crippen LogP contribution in [0.25, 0.3) is 0 Å². The fourth-order valence-corrected chi connectivity index (χ4v) is 1.92. The van der Waals surface area contributed by atoms with E-state index in [1.165, 1.54) is 0 Å². The standard InChI is InChI=1S/C14H18ClNO/c1-4-9-16-14(17)13(10(2)3)11-5-7-12(15)8-6-11/h4-8,10,13H,1,9H2,2-3H3,(H,16,17)/t13-/m1/s1. The van der Waals surface area contributed by atoms with Crippen LogP contribution in [0.2, 0.25) is 5.02 Å². The molecule has 2 nitrogen and oxygen atoms in total. The van der Waals surface area contributed by atoms with Gasteiger partial charge in [0.15, 0.2) is 0 Å². The second-order valence-electron chi connectivity index (χ2n) is 4.31. The lowest BCUT2D eigenvalue weighted by Crippen LogP contribution is -2.32. The van der Waals surface area contributed by atoms with Crippen LogP contribution in [-0.2, 0) is 4.79 Å². The Morgan fingerprint density at radius 2 is 2.00 bits per heavy atom. The molecule has 0 saturated carbocycles. The van der Waals surface area contributed by atoms with Crippen LogP contribution in [0.4, 0.5) is 0 Å². The maximum Gasteiger partial charge on any atom is 0.228 e. The normalized spacial score (nSPS) is 12.2. The van der Waals surface area contributed by atoms with Gasteiger partial charge in [-0.25, -0.2) is 0 Å². The number of carbonyl (C=O) groups is 1. The summed E-state index contributed by atoms with van der Waals surface area (Å²) >= 11 is 5.85. The summed E-state index contributed by atoms with van der Waals surface area (Å²) in [6.45, 7) is 8.15. The Bertz CT molecular complexity index is 384. The maximum atomic E-state index is 12.0. The average Bonchev–Trinajstić information content (AvgIpc) is 2.29. The summed E-state index contributed by atoms with van der Waals surface area (Å²) in [7, 11) is 0. The molecule has 0 radical (unpaired) electrons. The molecule has 1 aromatic carbocycles. The van der Waals surface area contributed by atoms with Crippen LogP contribution >= 0.6 is 11.6 Å². The highest BCUT2D eigenvalue weighted by Crippen LogP contribution is 2.25. The van der Waals surface area contributed by atoms with Crippen molar-refractivity contribution < 1.29 is 4.79 Å². The number of halogens is 1. The molecule has 0 unspecified atom stereocenters. The van der Waals surface area contributed by atoms with Crippen molar-refractivity contribution in [1.29, 1.82) is 0 Å².